The molecule has 28 nitrogen and oxygen atoms in total. The Morgan fingerprint density at radius 1 is 0.295 bits per heavy atom. The van der Waals surface area contributed by atoms with Crippen LogP contribution in [0.4, 0.5) is 0 Å². The first-order valence-corrected chi connectivity index (χ1v) is 30.5. The molecule has 5 aromatic carbocycles. The summed E-state index contributed by atoms with van der Waals surface area (Å²) in [4.78, 5) is 142. The molecule has 0 bridgehead atoms. The first-order chi connectivity index (χ1) is 45.9. The third-order valence-electron chi connectivity index (χ3n) is 16.6. The van der Waals surface area contributed by atoms with Gasteiger partial charge >= 0.3 is 5.97 Å². The zero-order chi connectivity index (χ0) is 67.3. The van der Waals surface area contributed by atoms with Crippen LogP contribution in [0.3, 0.4) is 0 Å². The van der Waals surface area contributed by atoms with E-state index in [4.69, 9.17) is 5.73 Å². The van der Waals surface area contributed by atoms with Crippen molar-refractivity contribution in [3.8, 4) is 0 Å². The number of aromatic nitrogens is 5. The minimum absolute atomic E-state index is 0.0677. The van der Waals surface area contributed by atoms with E-state index >= 15 is 9.59 Å². The van der Waals surface area contributed by atoms with Gasteiger partial charge in [-0.25, -0.2) is 4.79 Å². The summed E-state index contributed by atoms with van der Waals surface area (Å²) in [6.07, 6.45) is 7.64. The van der Waals surface area contributed by atoms with Gasteiger partial charge < -0.3 is 98.7 Å². The molecule has 20 N–H and O–H groups in total. The van der Waals surface area contributed by atoms with Gasteiger partial charge in [0.2, 0.25) is 47.3 Å². The molecule has 8 amide bonds. The number of amides is 8. The molecule has 0 saturated carbocycles. The molecule has 0 fully saturated rings. The van der Waals surface area contributed by atoms with Crippen LogP contribution >= 0.6 is 0 Å². The maximum absolute atomic E-state index is 15.1. The number of H-pyrrole nitrogens is 5. The number of carboxylic acid groups (broad SMARTS) is 1. The Bertz CT molecular complexity index is 4440. The van der Waals surface area contributed by atoms with Gasteiger partial charge in [0.25, 0.3) is 0 Å². The van der Waals surface area contributed by atoms with Gasteiger partial charge in [0.05, 0.1) is 32.5 Å². The van der Waals surface area contributed by atoms with Crippen LogP contribution in [0.25, 0.3) is 54.5 Å². The molecule has 0 aliphatic rings. The number of benzene rings is 5. The van der Waals surface area contributed by atoms with Crippen molar-refractivity contribution in [2.45, 2.75) is 86.5 Å². The predicted molar refractivity (Wildman–Crippen MR) is 349 cm³/mol. The smallest absolute Gasteiger partial charge is 0.328 e. The average Bonchev–Trinajstić information content (AvgIpc) is 1.80. The number of hydrogen-bond acceptors (Lipinski definition) is 14. The summed E-state index contributed by atoms with van der Waals surface area (Å²) in [7, 11) is 0. The first kappa shape index (κ1) is 66.7. The zero-order valence-electron chi connectivity index (χ0n) is 51.0. The number of para-hydroxylation sites is 5. The van der Waals surface area contributed by atoms with Gasteiger partial charge in [-0.15, -0.1) is 0 Å². The lowest BCUT2D eigenvalue weighted by Gasteiger charge is -2.27. The SMILES string of the molecule is N[C@@H](Cc1c[nH]c2ccccc12)C(=O)N[C@@H](Cc1c[nH]c2ccccc12)C(=O)N[C@@H](Cc1c[nH]c2ccccc12)C(=O)N[C@@H](CO)C(=O)N[C@@H](Cc1c[nH]c2ccccc12)C(=O)N[C@@H](Cc1c[nH]c2ccccc12)C(=O)N[C@@H](CO)C(=O)N[C@@H](CO)C(=O)N[C@@H](CO)C(=O)O. The van der Waals surface area contributed by atoms with E-state index in [1.807, 2.05) is 72.0 Å². The fourth-order valence-electron chi connectivity index (χ4n) is 11.5. The third kappa shape index (κ3) is 15.8. The van der Waals surface area contributed by atoms with E-state index < -0.39 is 134 Å². The number of carboxylic acids is 1. The number of carbonyl (C=O) groups excluding carboxylic acids is 8. The molecule has 9 atom stereocenters. The summed E-state index contributed by atoms with van der Waals surface area (Å²) in [5.74, 6) is -9.61. The highest BCUT2D eigenvalue weighted by molar-refractivity contribution is 6.00. The van der Waals surface area contributed by atoms with Crippen LogP contribution in [0.15, 0.2) is 152 Å². The quantitative estimate of drug-likeness (QED) is 0.0269. The van der Waals surface area contributed by atoms with E-state index in [9.17, 15) is 59.1 Å². The van der Waals surface area contributed by atoms with Crippen molar-refractivity contribution in [3.05, 3.63) is 180 Å². The monoisotopic (exact) mass is 1300 g/mol. The molecule has 0 aliphatic carbocycles. The normalized spacial score (nSPS) is 14.4. The summed E-state index contributed by atoms with van der Waals surface area (Å²) in [6, 6.07) is 21.7. The number of aliphatic carboxylic acids is 1. The predicted octanol–water partition coefficient (Wildman–Crippen LogP) is -0.134. The molecule has 28 heteroatoms. The molecule has 0 spiro atoms. The molecule has 5 heterocycles. The average molecular weight is 1300 g/mol. The van der Waals surface area contributed by atoms with Crippen LogP contribution in [0.5, 0.6) is 0 Å². The Kier molecular flexibility index (Phi) is 21.4. The van der Waals surface area contributed by atoms with Crippen molar-refractivity contribution in [2.24, 2.45) is 5.73 Å². The van der Waals surface area contributed by atoms with E-state index in [1.165, 1.54) is 0 Å². The Labute approximate surface area is 540 Å². The van der Waals surface area contributed by atoms with Gasteiger partial charge in [-0.05, 0) is 64.6 Å². The Morgan fingerprint density at radius 2 is 0.495 bits per heavy atom. The topological polar surface area (TPSA) is 456 Å². The minimum atomic E-state index is -1.86. The van der Waals surface area contributed by atoms with Crippen molar-refractivity contribution >= 4 is 108 Å². The molecule has 0 saturated heterocycles. The number of hydrogen-bond donors (Lipinski definition) is 19. The maximum Gasteiger partial charge on any atom is 0.328 e. The van der Waals surface area contributed by atoms with Crippen LogP contribution in [-0.4, -0.2) is 184 Å². The third-order valence-corrected chi connectivity index (χ3v) is 16.6. The lowest BCUT2D eigenvalue weighted by Crippen LogP contribution is -2.62. The fraction of sp³-hybridized carbons (Fsp3) is 0.269. The lowest BCUT2D eigenvalue weighted by molar-refractivity contribution is -0.143. The minimum Gasteiger partial charge on any atom is -0.480 e. The number of carbonyl (C=O) groups is 9. The molecule has 95 heavy (non-hydrogen) atoms. The van der Waals surface area contributed by atoms with Crippen molar-refractivity contribution in [2.75, 3.05) is 26.4 Å². The van der Waals surface area contributed by atoms with Crippen LogP contribution in [0.2, 0.25) is 0 Å². The highest BCUT2D eigenvalue weighted by Crippen LogP contribution is 2.25. The van der Waals surface area contributed by atoms with E-state index in [-0.39, 0.29) is 32.1 Å². The second-order valence-corrected chi connectivity index (χ2v) is 23.0. The Morgan fingerprint density at radius 3 is 0.737 bits per heavy atom. The number of fused-ring (bicyclic) bond motifs is 5. The van der Waals surface area contributed by atoms with Gasteiger partial charge in [0.15, 0.2) is 0 Å². The van der Waals surface area contributed by atoms with Gasteiger partial charge in [0.1, 0.15) is 48.3 Å². The number of nitrogens with one attached hydrogen (secondary N) is 13. The summed E-state index contributed by atoms with van der Waals surface area (Å²) in [5, 5.41) is 73.9. The number of aromatic amines is 5. The van der Waals surface area contributed by atoms with E-state index in [0.29, 0.717) is 55.0 Å². The molecule has 10 rings (SSSR count). The molecule has 5 aromatic heterocycles. The second-order valence-electron chi connectivity index (χ2n) is 23.0. The van der Waals surface area contributed by atoms with Crippen molar-refractivity contribution in [1.29, 1.82) is 0 Å². The summed E-state index contributed by atoms with van der Waals surface area (Å²) < 4.78 is 0. The van der Waals surface area contributed by atoms with Gasteiger partial charge in [-0.2, -0.15) is 0 Å². The van der Waals surface area contributed by atoms with Crippen LogP contribution in [0.1, 0.15) is 27.8 Å². The Hall–Kier alpha value is -11.2. The van der Waals surface area contributed by atoms with E-state index in [1.54, 1.807) is 85.6 Å². The maximum atomic E-state index is 15.1. The largest absolute Gasteiger partial charge is 0.480 e. The first-order valence-electron chi connectivity index (χ1n) is 30.5. The molecular formula is C67H72N14O14. The fourth-order valence-corrected chi connectivity index (χ4v) is 11.5. The van der Waals surface area contributed by atoms with Crippen molar-refractivity contribution < 1.29 is 68.7 Å². The van der Waals surface area contributed by atoms with Crippen molar-refractivity contribution in [3.63, 3.8) is 0 Å². The highest BCUT2D eigenvalue weighted by Gasteiger charge is 2.36. The summed E-state index contributed by atoms with van der Waals surface area (Å²) >= 11 is 0. The molecule has 0 unspecified atom stereocenters. The van der Waals surface area contributed by atoms with E-state index in [0.717, 1.165) is 27.4 Å². The Balaban J connectivity index is 0.914. The molecular weight excluding hydrogens is 1220 g/mol. The molecule has 10 aromatic rings. The summed E-state index contributed by atoms with van der Waals surface area (Å²) in [5.41, 5.74) is 13.2. The lowest BCUT2D eigenvalue weighted by atomic mass is 10.00. The second kappa shape index (κ2) is 30.5. The van der Waals surface area contributed by atoms with Crippen molar-refractivity contribution in [1.82, 2.24) is 67.5 Å². The van der Waals surface area contributed by atoms with Gasteiger partial charge in [-0.3, -0.25) is 38.4 Å². The van der Waals surface area contributed by atoms with Crippen LogP contribution in [0, 0.1) is 0 Å². The van der Waals surface area contributed by atoms with Gasteiger partial charge in [-0.1, -0.05) is 91.0 Å². The molecule has 0 aliphatic heterocycles. The molecule has 494 valence electrons. The standard InChI is InChI=1S/C67H72N14O14/c68-45(21-35-26-69-46-16-6-1-11-40(35)46)59(86)74-51(22-36-27-70-47-17-7-2-12-41(36)47)60(87)75-53(24-38-29-72-49-19-9-4-14-43(38)49)62(89)78-55(31-82)64(91)77-52(23-37-28-71-48-18-8-3-13-42(37)48)61(88)76-54(25-39-30-73-50-20-10-5-15-44(39)50)63(90)79-56(32-83)65(92)80-57(33-84)66(93)81-58(34-85)67(94)95/h1-20,26-30,45,51-58,69-73,82-85H,21-25,31-34,68H2,(H,74,86)(H,75,87)(H,76,88)(H,77,91)(H,78,89)(H,79,90)(H,80,92)(H,81,93)(H,94,95)/t45-,51-,52-,53-,54-,55-,56-,57-,58-/m0/s1. The number of aliphatic hydroxyl groups is 4. The summed E-state index contributed by atoms with van der Waals surface area (Å²) in [6.45, 7) is -4.25. The van der Waals surface area contributed by atoms with Crippen LogP contribution in [-0.2, 0) is 75.3 Å². The number of aliphatic hydroxyl groups excluding tert-OH is 4. The highest BCUT2D eigenvalue weighted by atomic mass is 16.4. The molecule has 0 radical (unpaired) electrons. The zero-order valence-corrected chi connectivity index (χ0v) is 51.0. The van der Waals surface area contributed by atoms with E-state index in [2.05, 4.69) is 62.1 Å². The van der Waals surface area contributed by atoms with Crippen LogP contribution < -0.4 is 48.3 Å². The number of nitrogens with two attached hydrogens (primary N) is 1. The van der Waals surface area contributed by atoms with Gasteiger partial charge in [0, 0.05) is 111 Å². The number of rotatable bonds is 31.